The molecular formula is C21H22N2O3S. The van der Waals surface area contributed by atoms with Gasteiger partial charge in [0.25, 0.3) is 11.5 Å². The van der Waals surface area contributed by atoms with E-state index >= 15 is 0 Å². The summed E-state index contributed by atoms with van der Waals surface area (Å²) in [7, 11) is 1.60. The number of ether oxygens (including phenoxy) is 1. The summed E-state index contributed by atoms with van der Waals surface area (Å²) in [6.45, 7) is 0.332. The fourth-order valence-electron chi connectivity index (χ4n) is 3.78. The van der Waals surface area contributed by atoms with Crippen LogP contribution in [0.4, 0.5) is 0 Å². The van der Waals surface area contributed by atoms with E-state index in [2.05, 4.69) is 4.98 Å². The van der Waals surface area contributed by atoms with Gasteiger partial charge in [-0.2, -0.15) is 0 Å². The zero-order valence-electron chi connectivity index (χ0n) is 15.2. The Morgan fingerprint density at radius 3 is 2.78 bits per heavy atom. The van der Waals surface area contributed by atoms with Crippen LogP contribution in [0, 0.1) is 0 Å². The van der Waals surface area contributed by atoms with Crippen molar-refractivity contribution in [2.75, 3.05) is 7.11 Å². The molecule has 0 atom stereocenters. The number of amides is 1. The van der Waals surface area contributed by atoms with E-state index in [0.717, 1.165) is 41.5 Å². The van der Waals surface area contributed by atoms with Crippen LogP contribution in [-0.4, -0.2) is 28.9 Å². The summed E-state index contributed by atoms with van der Waals surface area (Å²) in [5.41, 5.74) is 1.20. The number of aromatic nitrogens is 1. The van der Waals surface area contributed by atoms with Crippen molar-refractivity contribution >= 4 is 28.1 Å². The van der Waals surface area contributed by atoms with Gasteiger partial charge in [0.2, 0.25) is 0 Å². The summed E-state index contributed by atoms with van der Waals surface area (Å²) < 4.78 is 5.22. The maximum atomic E-state index is 13.1. The molecule has 0 unspecified atom stereocenters. The van der Waals surface area contributed by atoms with E-state index in [9.17, 15) is 9.59 Å². The highest BCUT2D eigenvalue weighted by Gasteiger charge is 2.28. The number of nitrogens with zero attached hydrogens (tertiary/aromatic N) is 1. The molecule has 2 aromatic heterocycles. The van der Waals surface area contributed by atoms with Crippen molar-refractivity contribution in [1.82, 2.24) is 9.88 Å². The molecule has 6 heteroatoms. The molecule has 27 heavy (non-hydrogen) atoms. The van der Waals surface area contributed by atoms with Crippen molar-refractivity contribution in [2.45, 2.75) is 38.3 Å². The van der Waals surface area contributed by atoms with Crippen molar-refractivity contribution in [3.8, 4) is 5.75 Å². The topological polar surface area (TPSA) is 62.4 Å². The molecule has 1 saturated carbocycles. The number of pyridine rings is 1. The summed E-state index contributed by atoms with van der Waals surface area (Å²) in [5, 5.41) is 2.84. The Labute approximate surface area is 161 Å². The lowest BCUT2D eigenvalue weighted by atomic mass is 10.1. The molecule has 1 N–H and O–H groups in total. The Hall–Kier alpha value is -2.60. The van der Waals surface area contributed by atoms with E-state index in [1.807, 2.05) is 46.7 Å². The highest BCUT2D eigenvalue weighted by molar-refractivity contribution is 7.12. The van der Waals surface area contributed by atoms with Crippen molar-refractivity contribution in [2.24, 2.45) is 0 Å². The maximum absolute atomic E-state index is 13.1. The molecule has 0 saturated heterocycles. The Morgan fingerprint density at radius 1 is 1.26 bits per heavy atom. The largest absolute Gasteiger partial charge is 0.497 e. The number of H-pyrrole nitrogens is 1. The molecule has 2 heterocycles. The zero-order valence-corrected chi connectivity index (χ0v) is 16.1. The molecule has 4 rings (SSSR count). The zero-order chi connectivity index (χ0) is 18.8. The van der Waals surface area contributed by atoms with Crippen molar-refractivity contribution in [3.63, 3.8) is 0 Å². The second-order valence-corrected chi connectivity index (χ2v) is 7.87. The summed E-state index contributed by atoms with van der Waals surface area (Å²) in [5.74, 6) is 0.720. The van der Waals surface area contributed by atoms with E-state index in [-0.39, 0.29) is 17.5 Å². The first kappa shape index (κ1) is 17.8. The van der Waals surface area contributed by atoms with Gasteiger partial charge in [0.1, 0.15) is 5.75 Å². The number of carbonyl (C=O) groups is 1. The fraction of sp³-hybridized carbons (Fsp3) is 0.333. The molecule has 0 bridgehead atoms. The number of nitrogens with one attached hydrogen (secondary N) is 1. The third-order valence-corrected chi connectivity index (χ3v) is 6.09. The number of aromatic amines is 1. The van der Waals surface area contributed by atoms with Gasteiger partial charge in [-0.1, -0.05) is 18.9 Å². The van der Waals surface area contributed by atoms with Crippen LogP contribution >= 0.6 is 11.3 Å². The number of benzene rings is 1. The van der Waals surface area contributed by atoms with Gasteiger partial charge >= 0.3 is 0 Å². The average Bonchev–Trinajstić information content (AvgIpc) is 3.39. The molecule has 1 aromatic carbocycles. The highest BCUT2D eigenvalue weighted by atomic mass is 32.1. The summed E-state index contributed by atoms with van der Waals surface area (Å²) >= 11 is 1.45. The third-order valence-electron chi connectivity index (χ3n) is 5.23. The minimum atomic E-state index is -0.155. The first-order valence-electron chi connectivity index (χ1n) is 9.20. The van der Waals surface area contributed by atoms with Gasteiger partial charge < -0.3 is 14.6 Å². The van der Waals surface area contributed by atoms with Crippen LogP contribution in [0.15, 0.2) is 46.6 Å². The van der Waals surface area contributed by atoms with Crippen molar-refractivity contribution in [1.29, 1.82) is 0 Å². The number of fused-ring (bicyclic) bond motifs is 1. The van der Waals surface area contributed by atoms with E-state index in [0.29, 0.717) is 17.9 Å². The van der Waals surface area contributed by atoms with E-state index < -0.39 is 0 Å². The lowest BCUT2D eigenvalue weighted by Gasteiger charge is -2.28. The molecule has 3 aromatic rings. The van der Waals surface area contributed by atoms with Crippen molar-refractivity contribution in [3.05, 3.63) is 62.6 Å². The Balaban J connectivity index is 1.69. The fourth-order valence-corrected chi connectivity index (χ4v) is 4.46. The van der Waals surface area contributed by atoms with Crippen molar-refractivity contribution < 1.29 is 9.53 Å². The minimum Gasteiger partial charge on any atom is -0.497 e. The van der Waals surface area contributed by atoms with Gasteiger partial charge in [0.15, 0.2) is 0 Å². The molecular weight excluding hydrogens is 360 g/mol. The van der Waals surface area contributed by atoms with Crippen LogP contribution in [-0.2, 0) is 6.54 Å². The number of carbonyl (C=O) groups excluding carboxylic acids is 1. The van der Waals surface area contributed by atoms with Gasteiger partial charge in [-0.15, -0.1) is 11.3 Å². The quantitative estimate of drug-likeness (QED) is 0.720. The monoisotopic (exact) mass is 382 g/mol. The second-order valence-electron chi connectivity index (χ2n) is 6.93. The molecule has 1 amide bonds. The van der Waals surface area contributed by atoms with Gasteiger partial charge in [-0.3, -0.25) is 9.59 Å². The van der Waals surface area contributed by atoms with Gasteiger partial charge in [-0.25, -0.2) is 0 Å². The smallest absolute Gasteiger partial charge is 0.264 e. The predicted molar refractivity (Wildman–Crippen MR) is 108 cm³/mol. The number of hydrogen-bond donors (Lipinski definition) is 1. The van der Waals surface area contributed by atoms with Crippen LogP contribution < -0.4 is 10.3 Å². The predicted octanol–water partition coefficient (Wildman–Crippen LogP) is 4.18. The number of hydrogen-bond acceptors (Lipinski definition) is 4. The molecule has 0 aliphatic heterocycles. The summed E-state index contributed by atoms with van der Waals surface area (Å²) in [4.78, 5) is 31.3. The van der Waals surface area contributed by atoms with E-state index in [1.165, 1.54) is 11.3 Å². The summed E-state index contributed by atoms with van der Waals surface area (Å²) in [6, 6.07) is 11.4. The van der Waals surface area contributed by atoms with Crippen LogP contribution in [0.1, 0.15) is 40.9 Å². The second kappa shape index (κ2) is 7.56. The Bertz CT molecular complexity index is 1000. The standard InChI is InChI=1S/C21H22N2O3S/c1-26-17-9-8-14-11-15(20(24)22-18(14)12-17)13-23(16-5-2-3-6-16)21(25)19-7-4-10-27-19/h4,7-12,16H,2-3,5-6,13H2,1H3,(H,22,24). The van der Waals surface area contributed by atoms with Gasteiger partial charge in [-0.05, 0) is 47.9 Å². The average molecular weight is 382 g/mol. The first-order valence-corrected chi connectivity index (χ1v) is 10.1. The van der Waals surface area contributed by atoms with Crippen LogP contribution in [0.3, 0.4) is 0 Å². The maximum Gasteiger partial charge on any atom is 0.264 e. The lowest BCUT2D eigenvalue weighted by molar-refractivity contribution is 0.0669. The minimum absolute atomic E-state index is 0.0196. The van der Waals surface area contributed by atoms with E-state index in [4.69, 9.17) is 4.74 Å². The molecule has 1 aliphatic rings. The van der Waals surface area contributed by atoms with E-state index in [1.54, 1.807) is 7.11 Å². The molecule has 0 radical (unpaired) electrons. The van der Waals surface area contributed by atoms with Crippen LogP contribution in [0.2, 0.25) is 0 Å². The molecule has 1 fully saturated rings. The van der Waals surface area contributed by atoms with Crippen LogP contribution in [0.25, 0.3) is 10.9 Å². The normalized spacial score (nSPS) is 14.6. The SMILES string of the molecule is COc1ccc2cc(CN(C(=O)c3cccs3)C3CCCC3)c(=O)[nH]c2c1. The summed E-state index contributed by atoms with van der Waals surface area (Å²) in [6.07, 6.45) is 4.26. The van der Waals surface area contributed by atoms with Gasteiger partial charge in [0.05, 0.1) is 24.0 Å². The number of thiophene rings is 1. The van der Waals surface area contributed by atoms with Crippen LogP contribution in [0.5, 0.6) is 5.75 Å². The molecule has 5 nitrogen and oxygen atoms in total. The molecule has 140 valence electrons. The number of methoxy groups -OCH3 is 1. The Kier molecular flexibility index (Phi) is 4.99. The first-order chi connectivity index (χ1) is 13.2. The van der Waals surface area contributed by atoms with Gasteiger partial charge in [0, 0.05) is 17.7 Å². The highest BCUT2D eigenvalue weighted by Crippen LogP contribution is 2.27. The molecule has 0 spiro atoms. The Morgan fingerprint density at radius 2 is 2.07 bits per heavy atom. The third kappa shape index (κ3) is 3.62. The molecule has 1 aliphatic carbocycles. The number of rotatable bonds is 5. The lowest BCUT2D eigenvalue weighted by Crippen LogP contribution is -2.39.